The number of aromatic nitrogens is 2. The molecule has 8 heteroatoms. The quantitative estimate of drug-likeness (QED) is 0.920. The van der Waals surface area contributed by atoms with E-state index < -0.39 is 21.0 Å². The van der Waals surface area contributed by atoms with Crippen molar-refractivity contribution in [3.05, 3.63) is 11.5 Å². The van der Waals surface area contributed by atoms with Crippen molar-refractivity contribution in [1.82, 2.24) is 14.3 Å². The molecular weight excluding hydrogens is 288 g/mol. The number of rotatable bonds is 3. The summed E-state index contributed by atoms with van der Waals surface area (Å²) in [6, 6.07) is 2.01. The minimum Gasteiger partial charge on any atom is -0.323 e. The van der Waals surface area contributed by atoms with Gasteiger partial charge in [0.25, 0.3) is 10.0 Å². The average molecular weight is 305 g/mol. The Bertz CT molecular complexity index is 605. The van der Waals surface area contributed by atoms with Crippen molar-refractivity contribution in [1.29, 1.82) is 5.26 Å². The second-order valence-electron chi connectivity index (χ2n) is 5.55. The molecule has 0 saturated carbocycles. The molecule has 6 nitrogen and oxygen atoms in total. The molecule has 0 aliphatic rings. The van der Waals surface area contributed by atoms with E-state index in [0.717, 1.165) is 0 Å². The van der Waals surface area contributed by atoms with E-state index in [1.54, 1.807) is 27.8 Å². The van der Waals surface area contributed by atoms with Crippen molar-refractivity contribution < 1.29 is 8.42 Å². The topological polar surface area (TPSA) is 87.8 Å². The van der Waals surface area contributed by atoms with Crippen LogP contribution in [-0.4, -0.2) is 23.5 Å². The lowest BCUT2D eigenvalue weighted by Crippen LogP contribution is -2.53. The van der Waals surface area contributed by atoms with Gasteiger partial charge < -0.3 is 4.57 Å². The van der Waals surface area contributed by atoms with Crippen LogP contribution in [0.1, 0.15) is 27.7 Å². The number of nitrogens with zero attached hydrogens (tertiary/aromatic N) is 3. The first-order valence-corrected chi connectivity index (χ1v) is 7.43. The second-order valence-corrected chi connectivity index (χ2v) is 7.52. The number of aryl methyl sites for hydroxylation is 1. The van der Waals surface area contributed by atoms with Gasteiger partial charge in [0.05, 0.1) is 6.07 Å². The SMILES string of the molecule is Cn1cc(S(=O)(=O)NC(C)(C#N)C(C)(C)C)nc1Cl. The number of nitriles is 1. The smallest absolute Gasteiger partial charge is 0.261 e. The zero-order chi connectivity index (χ0) is 15.1. The van der Waals surface area contributed by atoms with Crippen LogP contribution in [0.2, 0.25) is 5.28 Å². The Hall–Kier alpha value is -1.10. The molecule has 1 aromatic rings. The number of imidazole rings is 1. The number of hydrogen-bond acceptors (Lipinski definition) is 4. The second kappa shape index (κ2) is 4.78. The maximum atomic E-state index is 12.2. The molecule has 19 heavy (non-hydrogen) atoms. The molecule has 0 radical (unpaired) electrons. The predicted octanol–water partition coefficient (Wildman–Crippen LogP) is 1.68. The molecule has 0 aliphatic carbocycles. The molecule has 0 aliphatic heterocycles. The van der Waals surface area contributed by atoms with E-state index in [-0.39, 0.29) is 10.3 Å². The summed E-state index contributed by atoms with van der Waals surface area (Å²) in [4.78, 5) is 3.75. The zero-order valence-electron chi connectivity index (χ0n) is 11.5. The lowest BCUT2D eigenvalue weighted by atomic mass is 9.77. The van der Waals surface area contributed by atoms with Gasteiger partial charge in [-0.05, 0) is 23.9 Å². The first-order valence-electron chi connectivity index (χ1n) is 5.57. The highest BCUT2D eigenvalue weighted by atomic mass is 35.5. The summed E-state index contributed by atoms with van der Waals surface area (Å²) in [5, 5.41) is 9.12. The van der Waals surface area contributed by atoms with Crippen LogP contribution >= 0.6 is 11.6 Å². The molecule has 0 saturated heterocycles. The van der Waals surface area contributed by atoms with Gasteiger partial charge in [-0.2, -0.15) is 9.98 Å². The molecule has 1 aromatic heterocycles. The van der Waals surface area contributed by atoms with Crippen LogP contribution in [0.25, 0.3) is 0 Å². The highest BCUT2D eigenvalue weighted by molar-refractivity contribution is 7.89. The molecule has 0 bridgehead atoms. The van der Waals surface area contributed by atoms with E-state index in [0.29, 0.717) is 0 Å². The van der Waals surface area contributed by atoms with E-state index in [9.17, 15) is 13.7 Å². The number of nitrogens with one attached hydrogen (secondary N) is 1. The summed E-state index contributed by atoms with van der Waals surface area (Å²) in [5.74, 6) is 0. The van der Waals surface area contributed by atoms with E-state index >= 15 is 0 Å². The van der Waals surface area contributed by atoms with Crippen molar-refractivity contribution >= 4 is 21.6 Å². The van der Waals surface area contributed by atoms with Crippen molar-refractivity contribution in [2.24, 2.45) is 12.5 Å². The van der Waals surface area contributed by atoms with Crippen molar-refractivity contribution in [3.63, 3.8) is 0 Å². The van der Waals surface area contributed by atoms with Gasteiger partial charge in [-0.15, -0.1) is 0 Å². The molecule has 1 unspecified atom stereocenters. The Morgan fingerprint density at radius 1 is 1.42 bits per heavy atom. The van der Waals surface area contributed by atoms with Crippen LogP contribution in [0.4, 0.5) is 0 Å². The maximum Gasteiger partial charge on any atom is 0.261 e. The zero-order valence-corrected chi connectivity index (χ0v) is 13.1. The van der Waals surface area contributed by atoms with Crippen molar-refractivity contribution in [2.45, 2.75) is 38.3 Å². The Balaban J connectivity index is 3.21. The minimum absolute atomic E-state index is 0.0646. The molecule has 0 spiro atoms. The molecule has 0 fully saturated rings. The fourth-order valence-electron chi connectivity index (χ4n) is 1.21. The van der Waals surface area contributed by atoms with E-state index in [2.05, 4.69) is 9.71 Å². The van der Waals surface area contributed by atoms with Crippen LogP contribution in [0.15, 0.2) is 11.2 Å². The van der Waals surface area contributed by atoms with E-state index in [1.165, 1.54) is 17.7 Å². The third-order valence-corrected chi connectivity index (χ3v) is 4.91. The molecule has 1 N–H and O–H groups in total. The van der Waals surface area contributed by atoms with Gasteiger partial charge in [0.15, 0.2) is 5.03 Å². The summed E-state index contributed by atoms with van der Waals surface area (Å²) in [7, 11) is -2.32. The molecule has 1 rings (SSSR count). The minimum atomic E-state index is -3.90. The lowest BCUT2D eigenvalue weighted by molar-refractivity contribution is 0.247. The van der Waals surface area contributed by atoms with Crippen LogP contribution < -0.4 is 4.72 Å². The highest BCUT2D eigenvalue weighted by Gasteiger charge is 2.42. The number of sulfonamides is 1. The summed E-state index contributed by atoms with van der Waals surface area (Å²) in [5.41, 5.74) is -1.83. The lowest BCUT2D eigenvalue weighted by Gasteiger charge is -2.35. The van der Waals surface area contributed by atoms with E-state index in [1.807, 2.05) is 6.07 Å². The average Bonchev–Trinajstić information content (AvgIpc) is 2.57. The van der Waals surface area contributed by atoms with Gasteiger partial charge in [-0.1, -0.05) is 20.8 Å². The summed E-state index contributed by atoms with van der Waals surface area (Å²) < 4.78 is 28.2. The Labute approximate surface area is 118 Å². The fourth-order valence-corrected chi connectivity index (χ4v) is 2.90. The summed E-state index contributed by atoms with van der Waals surface area (Å²) in [6.45, 7) is 6.88. The van der Waals surface area contributed by atoms with Gasteiger partial charge in [-0.3, -0.25) is 0 Å². The number of halogens is 1. The largest absolute Gasteiger partial charge is 0.323 e. The van der Waals surface area contributed by atoms with Crippen LogP contribution in [0, 0.1) is 16.7 Å². The molecule has 0 amide bonds. The van der Waals surface area contributed by atoms with Gasteiger partial charge in [-0.25, -0.2) is 13.4 Å². The summed E-state index contributed by atoms with van der Waals surface area (Å²) >= 11 is 5.73. The van der Waals surface area contributed by atoms with Crippen LogP contribution in [-0.2, 0) is 17.1 Å². The van der Waals surface area contributed by atoms with E-state index in [4.69, 9.17) is 11.6 Å². The van der Waals surface area contributed by atoms with Crippen LogP contribution in [0.5, 0.6) is 0 Å². The summed E-state index contributed by atoms with van der Waals surface area (Å²) in [6.07, 6.45) is 1.30. The fraction of sp³-hybridized carbons (Fsp3) is 0.636. The molecular formula is C11H17ClN4O2S. The normalized spacial score (nSPS) is 15.8. The van der Waals surface area contributed by atoms with Gasteiger partial charge in [0.2, 0.25) is 5.28 Å². The van der Waals surface area contributed by atoms with Crippen LogP contribution in [0.3, 0.4) is 0 Å². The van der Waals surface area contributed by atoms with Crippen molar-refractivity contribution in [3.8, 4) is 6.07 Å². The van der Waals surface area contributed by atoms with Gasteiger partial charge >= 0.3 is 0 Å². The molecule has 0 aromatic carbocycles. The Morgan fingerprint density at radius 3 is 2.26 bits per heavy atom. The standard InChI is InChI=1S/C11H17ClN4O2S/c1-10(2,3)11(4,7-13)15-19(17,18)8-6-16(5)9(12)14-8/h6,15H,1-5H3. The monoisotopic (exact) mass is 304 g/mol. The third-order valence-electron chi connectivity index (χ3n) is 3.14. The molecule has 1 heterocycles. The van der Waals surface area contributed by atoms with Gasteiger partial charge in [0, 0.05) is 13.2 Å². The first-order chi connectivity index (χ1) is 8.43. The van der Waals surface area contributed by atoms with Gasteiger partial charge in [0.1, 0.15) is 5.54 Å². The Kier molecular flexibility index (Phi) is 4.01. The Morgan fingerprint density at radius 2 is 1.95 bits per heavy atom. The number of hydrogen-bond donors (Lipinski definition) is 1. The predicted molar refractivity (Wildman–Crippen MR) is 72.0 cm³/mol. The first kappa shape index (κ1) is 16.0. The highest BCUT2D eigenvalue weighted by Crippen LogP contribution is 2.31. The maximum absolute atomic E-state index is 12.2. The molecule has 106 valence electrons. The van der Waals surface area contributed by atoms with Crippen molar-refractivity contribution in [2.75, 3.05) is 0 Å². The molecule has 1 atom stereocenters. The third kappa shape index (κ3) is 3.08.